The summed E-state index contributed by atoms with van der Waals surface area (Å²) in [6.45, 7) is 1.57. The fourth-order valence-electron chi connectivity index (χ4n) is 1.08. The fraction of sp³-hybridized carbons (Fsp3) is 0.250. The van der Waals surface area contributed by atoms with E-state index < -0.39 is 17.1 Å². The van der Waals surface area contributed by atoms with Crippen LogP contribution in [-0.4, -0.2) is 18.8 Å². The van der Waals surface area contributed by atoms with Gasteiger partial charge in [0, 0.05) is 11.0 Å². The molecule has 0 aliphatic carbocycles. The number of rotatable bonds is 4. The first kappa shape index (κ1) is 14.6. The maximum Gasteiger partial charge on any atom is 0.422 e. The Bertz CT molecular complexity index is 427. The number of halogens is 3. The Morgan fingerprint density at radius 2 is 1.94 bits per heavy atom. The number of alkyl halides is 3. The molecule has 0 aromatic heterocycles. The molecule has 1 aromatic rings. The molecule has 0 atom stereocenters. The molecule has 18 heavy (non-hydrogen) atoms. The summed E-state index contributed by atoms with van der Waals surface area (Å²) in [5.74, 6) is -0.992. The third kappa shape index (κ3) is 4.83. The molecule has 0 heterocycles. The van der Waals surface area contributed by atoms with Gasteiger partial charge in [0.2, 0.25) is 0 Å². The SMILES string of the molecule is CCOC(=O)/C=C(\Sc1ccccc1)C(F)(F)F. The summed E-state index contributed by atoms with van der Waals surface area (Å²) < 4.78 is 42.6. The Kier molecular flexibility index (Phi) is 5.27. The fourth-order valence-corrected chi connectivity index (χ4v) is 1.89. The molecule has 98 valence electrons. The molecule has 0 saturated carbocycles. The number of carbonyl (C=O) groups excluding carboxylic acids is 1. The maximum atomic E-state index is 12.7. The quantitative estimate of drug-likeness (QED) is 0.475. The zero-order chi connectivity index (χ0) is 13.6. The Morgan fingerprint density at radius 3 is 2.44 bits per heavy atom. The minimum atomic E-state index is -4.58. The van der Waals surface area contributed by atoms with Crippen LogP contribution in [0, 0.1) is 0 Å². The van der Waals surface area contributed by atoms with E-state index in [1.165, 1.54) is 19.1 Å². The number of carbonyl (C=O) groups is 1. The monoisotopic (exact) mass is 276 g/mol. The highest BCUT2D eigenvalue weighted by atomic mass is 32.2. The third-order valence-electron chi connectivity index (χ3n) is 1.79. The van der Waals surface area contributed by atoms with Crippen LogP contribution in [0.5, 0.6) is 0 Å². The zero-order valence-corrected chi connectivity index (χ0v) is 10.3. The number of benzene rings is 1. The van der Waals surface area contributed by atoms with Crippen LogP contribution < -0.4 is 0 Å². The van der Waals surface area contributed by atoms with Crippen LogP contribution in [0.15, 0.2) is 46.2 Å². The van der Waals surface area contributed by atoms with E-state index in [9.17, 15) is 18.0 Å². The number of esters is 1. The molecule has 0 N–H and O–H groups in total. The van der Waals surface area contributed by atoms with Crippen LogP contribution in [0.4, 0.5) is 13.2 Å². The normalized spacial score (nSPS) is 12.3. The summed E-state index contributed by atoms with van der Waals surface area (Å²) in [5, 5.41) is 0. The number of hydrogen-bond donors (Lipinski definition) is 0. The Labute approximate surface area is 107 Å². The average Bonchev–Trinajstić information content (AvgIpc) is 2.28. The van der Waals surface area contributed by atoms with E-state index in [1.807, 2.05) is 0 Å². The van der Waals surface area contributed by atoms with Gasteiger partial charge >= 0.3 is 12.1 Å². The van der Waals surface area contributed by atoms with Gasteiger partial charge in [0.1, 0.15) is 4.91 Å². The molecule has 1 rings (SSSR count). The topological polar surface area (TPSA) is 26.3 Å². The van der Waals surface area contributed by atoms with Gasteiger partial charge < -0.3 is 4.74 Å². The van der Waals surface area contributed by atoms with Gasteiger partial charge in [-0.05, 0) is 19.1 Å². The van der Waals surface area contributed by atoms with Gasteiger partial charge in [-0.25, -0.2) is 4.79 Å². The van der Waals surface area contributed by atoms with Gasteiger partial charge in [-0.15, -0.1) is 0 Å². The van der Waals surface area contributed by atoms with Gasteiger partial charge in [-0.3, -0.25) is 0 Å². The first-order chi connectivity index (χ1) is 8.43. The second-order valence-electron chi connectivity index (χ2n) is 3.17. The van der Waals surface area contributed by atoms with Gasteiger partial charge in [0.15, 0.2) is 0 Å². The van der Waals surface area contributed by atoms with Crippen molar-refractivity contribution in [3.8, 4) is 0 Å². The van der Waals surface area contributed by atoms with Crippen molar-refractivity contribution in [2.45, 2.75) is 18.0 Å². The number of thioether (sulfide) groups is 1. The lowest BCUT2D eigenvalue weighted by Crippen LogP contribution is -2.12. The smallest absolute Gasteiger partial charge is 0.422 e. The maximum absolute atomic E-state index is 12.7. The van der Waals surface area contributed by atoms with Crippen molar-refractivity contribution in [3.63, 3.8) is 0 Å². The van der Waals surface area contributed by atoms with Crippen LogP contribution in [0.1, 0.15) is 6.92 Å². The van der Waals surface area contributed by atoms with Crippen LogP contribution in [0.3, 0.4) is 0 Å². The molecule has 0 radical (unpaired) electrons. The molecule has 0 spiro atoms. The van der Waals surface area contributed by atoms with Crippen molar-refractivity contribution in [2.75, 3.05) is 6.61 Å². The molecule has 0 saturated heterocycles. The molecule has 6 heteroatoms. The number of allylic oxidation sites excluding steroid dienone is 1. The lowest BCUT2D eigenvalue weighted by Gasteiger charge is -2.10. The van der Waals surface area contributed by atoms with Crippen LogP contribution >= 0.6 is 11.8 Å². The molecule has 0 fully saturated rings. The van der Waals surface area contributed by atoms with Crippen LogP contribution in [0.2, 0.25) is 0 Å². The molecule has 0 unspecified atom stereocenters. The summed E-state index contributed by atoms with van der Waals surface area (Å²) in [5.41, 5.74) is 0. The number of ether oxygens (including phenoxy) is 1. The number of hydrogen-bond acceptors (Lipinski definition) is 3. The van der Waals surface area contributed by atoms with Crippen molar-refractivity contribution in [1.82, 2.24) is 0 Å². The van der Waals surface area contributed by atoms with Gasteiger partial charge in [-0.2, -0.15) is 13.2 Å². The lowest BCUT2D eigenvalue weighted by atomic mass is 10.4. The summed E-state index contributed by atoms with van der Waals surface area (Å²) in [4.78, 5) is 10.5. The van der Waals surface area contributed by atoms with E-state index in [0.29, 0.717) is 22.7 Å². The first-order valence-corrected chi connectivity index (χ1v) is 5.93. The highest BCUT2D eigenvalue weighted by molar-refractivity contribution is 8.03. The minimum Gasteiger partial charge on any atom is -0.463 e. The minimum absolute atomic E-state index is 0.0382. The second kappa shape index (κ2) is 6.49. The zero-order valence-electron chi connectivity index (χ0n) is 9.53. The van der Waals surface area contributed by atoms with Gasteiger partial charge in [0.05, 0.1) is 6.61 Å². The Balaban J connectivity index is 2.90. The van der Waals surface area contributed by atoms with Crippen LogP contribution in [0.25, 0.3) is 0 Å². The summed E-state index contributed by atoms with van der Waals surface area (Å²) >= 11 is 0.485. The largest absolute Gasteiger partial charge is 0.463 e. The molecule has 0 bridgehead atoms. The lowest BCUT2D eigenvalue weighted by molar-refractivity contribution is -0.138. The predicted octanol–water partition coefficient (Wildman–Crippen LogP) is 3.79. The predicted molar refractivity (Wildman–Crippen MR) is 63.1 cm³/mol. The van der Waals surface area contributed by atoms with E-state index in [4.69, 9.17) is 0 Å². The van der Waals surface area contributed by atoms with E-state index in [-0.39, 0.29) is 6.61 Å². The standard InChI is InChI=1S/C12H11F3O2S/c1-2-17-11(16)8-10(12(13,14)15)18-9-6-4-3-5-7-9/h3-8H,2H2,1H3/b10-8-. The highest BCUT2D eigenvalue weighted by Crippen LogP contribution is 2.38. The summed E-state index contributed by atoms with van der Waals surface area (Å²) in [6, 6.07) is 8.03. The Hall–Kier alpha value is -1.43. The Morgan fingerprint density at radius 1 is 1.33 bits per heavy atom. The van der Waals surface area contributed by atoms with Crippen molar-refractivity contribution in [1.29, 1.82) is 0 Å². The average molecular weight is 276 g/mol. The van der Waals surface area contributed by atoms with Crippen LogP contribution in [-0.2, 0) is 9.53 Å². The van der Waals surface area contributed by atoms with E-state index >= 15 is 0 Å². The summed E-state index contributed by atoms with van der Waals surface area (Å²) in [7, 11) is 0. The second-order valence-corrected chi connectivity index (χ2v) is 4.29. The molecule has 0 aliphatic heterocycles. The molecular formula is C12H11F3O2S. The third-order valence-corrected chi connectivity index (χ3v) is 2.86. The first-order valence-electron chi connectivity index (χ1n) is 5.12. The van der Waals surface area contributed by atoms with Crippen molar-refractivity contribution >= 4 is 17.7 Å². The summed E-state index contributed by atoms with van der Waals surface area (Å²) in [6.07, 6.45) is -4.10. The molecule has 2 nitrogen and oxygen atoms in total. The molecule has 0 aliphatic rings. The van der Waals surface area contributed by atoms with Crippen molar-refractivity contribution in [2.24, 2.45) is 0 Å². The van der Waals surface area contributed by atoms with E-state index in [0.717, 1.165) is 0 Å². The van der Waals surface area contributed by atoms with Crippen molar-refractivity contribution < 1.29 is 22.7 Å². The molecule has 0 amide bonds. The van der Waals surface area contributed by atoms with E-state index in [2.05, 4.69) is 4.74 Å². The van der Waals surface area contributed by atoms with E-state index in [1.54, 1.807) is 18.2 Å². The highest BCUT2D eigenvalue weighted by Gasteiger charge is 2.35. The molecule has 1 aromatic carbocycles. The van der Waals surface area contributed by atoms with Gasteiger partial charge in [0.25, 0.3) is 0 Å². The van der Waals surface area contributed by atoms with Crippen molar-refractivity contribution in [3.05, 3.63) is 41.3 Å². The van der Waals surface area contributed by atoms with Gasteiger partial charge in [-0.1, -0.05) is 30.0 Å². The molecular weight excluding hydrogens is 265 g/mol.